The highest BCUT2D eigenvalue weighted by molar-refractivity contribution is 7.86. The molecule has 4 nitrogen and oxygen atoms in total. The van der Waals surface area contributed by atoms with Crippen LogP contribution in [0.2, 0.25) is 0 Å². The number of rotatable bonds is 4. The fourth-order valence-corrected chi connectivity index (χ4v) is 2.72. The average molecular weight is 255 g/mol. The minimum atomic E-state index is -3.61. The van der Waals surface area contributed by atoms with E-state index in [2.05, 4.69) is 0 Å². The van der Waals surface area contributed by atoms with Crippen LogP contribution >= 0.6 is 0 Å². The maximum atomic E-state index is 11.9. The van der Waals surface area contributed by atoms with Crippen LogP contribution < -0.4 is 0 Å². The largest absolute Gasteiger partial charge is 0.298 e. The van der Waals surface area contributed by atoms with E-state index < -0.39 is 10.1 Å². The molecule has 0 saturated carbocycles. The van der Waals surface area contributed by atoms with E-state index in [0.717, 1.165) is 31.5 Å². The van der Waals surface area contributed by atoms with Crippen molar-refractivity contribution in [3.63, 3.8) is 0 Å². The third kappa shape index (κ3) is 3.28. The van der Waals surface area contributed by atoms with Crippen molar-refractivity contribution >= 4 is 10.1 Å². The third-order valence-corrected chi connectivity index (χ3v) is 4.16. The van der Waals surface area contributed by atoms with Crippen LogP contribution in [0, 0.1) is 6.92 Å². The first kappa shape index (κ1) is 12.5. The summed E-state index contributed by atoms with van der Waals surface area (Å²) < 4.78 is 28.7. The van der Waals surface area contributed by atoms with Gasteiger partial charge < -0.3 is 0 Å². The van der Waals surface area contributed by atoms with Crippen LogP contribution in [0.1, 0.15) is 18.4 Å². The second-order valence-electron chi connectivity index (χ2n) is 4.34. The average Bonchev–Trinajstić information content (AvgIpc) is 2.80. The molecule has 0 spiro atoms. The van der Waals surface area contributed by atoms with Crippen LogP contribution in [-0.4, -0.2) is 33.1 Å². The Morgan fingerprint density at radius 3 is 2.35 bits per heavy atom. The first-order valence-corrected chi connectivity index (χ1v) is 7.17. The molecule has 1 saturated heterocycles. The van der Waals surface area contributed by atoms with Crippen molar-refractivity contribution in [2.45, 2.75) is 24.7 Å². The van der Waals surface area contributed by atoms with E-state index in [4.69, 9.17) is 4.18 Å². The van der Waals surface area contributed by atoms with Crippen LogP contribution in [0.25, 0.3) is 0 Å². The molecule has 0 atom stereocenters. The molecule has 5 heteroatoms. The van der Waals surface area contributed by atoms with Crippen molar-refractivity contribution in [1.29, 1.82) is 0 Å². The third-order valence-electron chi connectivity index (χ3n) is 2.90. The van der Waals surface area contributed by atoms with Crippen LogP contribution in [0.3, 0.4) is 0 Å². The fourth-order valence-electron chi connectivity index (χ4n) is 1.83. The van der Waals surface area contributed by atoms with Gasteiger partial charge in [-0.1, -0.05) is 17.7 Å². The van der Waals surface area contributed by atoms with Crippen molar-refractivity contribution in [1.82, 2.24) is 4.90 Å². The molecular formula is C12H17NO3S. The minimum Gasteiger partial charge on any atom is -0.280 e. The van der Waals surface area contributed by atoms with E-state index in [1.54, 1.807) is 24.3 Å². The summed E-state index contributed by atoms with van der Waals surface area (Å²) in [6.07, 6.45) is 2.24. The lowest BCUT2D eigenvalue weighted by atomic mass is 10.2. The van der Waals surface area contributed by atoms with Crippen LogP contribution in [0.4, 0.5) is 0 Å². The highest BCUT2D eigenvalue weighted by Gasteiger charge is 2.18. The molecule has 2 rings (SSSR count). The quantitative estimate of drug-likeness (QED) is 0.769. The smallest absolute Gasteiger partial charge is 0.280 e. The standard InChI is InChI=1S/C12H17NO3S/c1-11-4-6-12(7-5-11)17(14,15)16-10-13-8-2-3-9-13/h4-7H,2-3,8-10H2,1H3. The molecule has 1 fully saturated rings. The Labute approximate surface area is 102 Å². The molecule has 0 N–H and O–H groups in total. The molecule has 0 aromatic heterocycles. The topological polar surface area (TPSA) is 46.6 Å². The van der Waals surface area contributed by atoms with Crippen molar-refractivity contribution in [3.8, 4) is 0 Å². The van der Waals surface area contributed by atoms with Crippen LogP contribution in [-0.2, 0) is 14.3 Å². The zero-order chi connectivity index (χ0) is 12.3. The second kappa shape index (κ2) is 5.16. The Kier molecular flexibility index (Phi) is 3.81. The first-order chi connectivity index (χ1) is 8.08. The summed E-state index contributed by atoms with van der Waals surface area (Å²) in [7, 11) is -3.61. The molecule has 1 aromatic rings. The molecule has 0 bridgehead atoms. The summed E-state index contributed by atoms with van der Waals surface area (Å²) in [5, 5.41) is 0. The first-order valence-electron chi connectivity index (χ1n) is 5.76. The predicted octanol–water partition coefficient (Wildman–Crippen LogP) is 1.75. The number of hydrogen-bond donors (Lipinski definition) is 0. The van der Waals surface area contributed by atoms with Gasteiger partial charge in [-0.05, 0) is 31.9 Å². The van der Waals surface area contributed by atoms with Gasteiger partial charge in [0.25, 0.3) is 10.1 Å². The lowest BCUT2D eigenvalue weighted by molar-refractivity contribution is 0.158. The van der Waals surface area contributed by atoms with Gasteiger partial charge in [0.05, 0.1) is 4.90 Å². The Hall–Kier alpha value is -0.910. The van der Waals surface area contributed by atoms with Gasteiger partial charge in [-0.25, -0.2) is 0 Å². The zero-order valence-electron chi connectivity index (χ0n) is 9.93. The van der Waals surface area contributed by atoms with Crippen molar-refractivity contribution in [3.05, 3.63) is 29.8 Å². The van der Waals surface area contributed by atoms with E-state index >= 15 is 0 Å². The molecule has 1 aromatic carbocycles. The van der Waals surface area contributed by atoms with E-state index in [9.17, 15) is 8.42 Å². The summed E-state index contributed by atoms with van der Waals surface area (Å²) in [6.45, 7) is 3.92. The van der Waals surface area contributed by atoms with Gasteiger partial charge in [0.2, 0.25) is 0 Å². The Bertz CT molecular complexity index is 461. The molecule has 0 aliphatic carbocycles. The summed E-state index contributed by atoms with van der Waals surface area (Å²) in [5.74, 6) is 0. The molecule has 0 unspecified atom stereocenters. The van der Waals surface area contributed by atoms with Gasteiger partial charge in [-0.3, -0.25) is 9.08 Å². The minimum absolute atomic E-state index is 0.163. The van der Waals surface area contributed by atoms with Crippen molar-refractivity contribution < 1.29 is 12.6 Å². The van der Waals surface area contributed by atoms with Gasteiger partial charge >= 0.3 is 0 Å². The Morgan fingerprint density at radius 2 is 1.76 bits per heavy atom. The molecule has 0 amide bonds. The number of benzene rings is 1. The maximum Gasteiger partial charge on any atom is 0.298 e. The maximum absolute atomic E-state index is 11.9. The normalized spacial score (nSPS) is 17.5. The number of likely N-dealkylation sites (tertiary alicyclic amines) is 1. The second-order valence-corrected chi connectivity index (χ2v) is 5.95. The molecule has 1 aliphatic heterocycles. The van der Waals surface area contributed by atoms with E-state index in [1.165, 1.54) is 0 Å². The lowest BCUT2D eigenvalue weighted by Gasteiger charge is -2.14. The summed E-state index contributed by atoms with van der Waals surface area (Å²) in [6, 6.07) is 6.70. The summed E-state index contributed by atoms with van der Waals surface area (Å²) in [5.41, 5.74) is 1.03. The van der Waals surface area contributed by atoms with Gasteiger partial charge in [0.15, 0.2) is 0 Å². The van der Waals surface area contributed by atoms with E-state index in [1.807, 2.05) is 11.8 Å². The Morgan fingerprint density at radius 1 is 1.18 bits per heavy atom. The van der Waals surface area contributed by atoms with Gasteiger partial charge in [-0.2, -0.15) is 8.42 Å². The molecule has 0 radical (unpaired) electrons. The highest BCUT2D eigenvalue weighted by Crippen LogP contribution is 2.15. The van der Waals surface area contributed by atoms with Crippen molar-refractivity contribution in [2.24, 2.45) is 0 Å². The Balaban J connectivity index is 2.00. The predicted molar refractivity (Wildman–Crippen MR) is 65.1 cm³/mol. The fraction of sp³-hybridized carbons (Fsp3) is 0.500. The van der Waals surface area contributed by atoms with Crippen molar-refractivity contribution in [2.75, 3.05) is 19.8 Å². The molecule has 17 heavy (non-hydrogen) atoms. The molecular weight excluding hydrogens is 238 g/mol. The van der Waals surface area contributed by atoms with Crippen LogP contribution in [0.15, 0.2) is 29.2 Å². The van der Waals surface area contributed by atoms with Gasteiger partial charge in [0.1, 0.15) is 6.73 Å². The molecule has 94 valence electrons. The molecule has 1 heterocycles. The lowest BCUT2D eigenvalue weighted by Crippen LogP contribution is -2.24. The van der Waals surface area contributed by atoms with Gasteiger partial charge in [0, 0.05) is 13.1 Å². The monoisotopic (exact) mass is 255 g/mol. The summed E-state index contributed by atoms with van der Waals surface area (Å²) >= 11 is 0. The highest BCUT2D eigenvalue weighted by atomic mass is 32.2. The molecule has 1 aliphatic rings. The SMILES string of the molecule is Cc1ccc(S(=O)(=O)OCN2CCCC2)cc1. The number of hydrogen-bond acceptors (Lipinski definition) is 4. The van der Waals surface area contributed by atoms with Gasteiger partial charge in [-0.15, -0.1) is 0 Å². The zero-order valence-corrected chi connectivity index (χ0v) is 10.7. The van der Waals surface area contributed by atoms with Crippen LogP contribution in [0.5, 0.6) is 0 Å². The van der Waals surface area contributed by atoms with E-state index in [0.29, 0.717) is 0 Å². The number of aryl methyl sites for hydroxylation is 1. The summed E-state index contributed by atoms with van der Waals surface area (Å²) in [4.78, 5) is 2.23. The number of nitrogens with zero attached hydrogens (tertiary/aromatic N) is 1. The van der Waals surface area contributed by atoms with E-state index in [-0.39, 0.29) is 11.6 Å².